The van der Waals surface area contributed by atoms with E-state index in [0.29, 0.717) is 23.5 Å². The largest absolute Gasteiger partial charge is 0.495 e. The second-order valence-electron chi connectivity index (χ2n) is 5.19. The highest BCUT2D eigenvalue weighted by molar-refractivity contribution is 5.93. The van der Waals surface area contributed by atoms with Gasteiger partial charge in [0.05, 0.1) is 31.0 Å². The van der Waals surface area contributed by atoms with Gasteiger partial charge in [-0.25, -0.2) is 0 Å². The van der Waals surface area contributed by atoms with Gasteiger partial charge >= 0.3 is 0 Å². The molecule has 1 saturated heterocycles. The summed E-state index contributed by atoms with van der Waals surface area (Å²) >= 11 is 0. The fourth-order valence-electron chi connectivity index (χ4n) is 2.37. The van der Waals surface area contributed by atoms with Gasteiger partial charge in [0.1, 0.15) is 5.75 Å². The van der Waals surface area contributed by atoms with Gasteiger partial charge < -0.3 is 15.8 Å². The van der Waals surface area contributed by atoms with Crippen molar-refractivity contribution in [2.24, 2.45) is 5.73 Å². The number of carbonyl (C=O) groups is 1. The molecule has 112 valence electrons. The third-order valence-corrected chi connectivity index (χ3v) is 3.60. The second-order valence-corrected chi connectivity index (χ2v) is 5.19. The molecule has 1 aromatic carbocycles. The SMILES string of the molecule is COc1cc(C#N)ccc1NC(=O)CN1CCC(N)CC1. The Morgan fingerprint density at radius 2 is 2.24 bits per heavy atom. The van der Waals surface area contributed by atoms with E-state index in [1.54, 1.807) is 18.2 Å². The Morgan fingerprint density at radius 1 is 1.52 bits per heavy atom. The molecule has 21 heavy (non-hydrogen) atoms. The zero-order chi connectivity index (χ0) is 15.2. The topological polar surface area (TPSA) is 91.4 Å². The van der Waals surface area contributed by atoms with Crippen LogP contribution < -0.4 is 15.8 Å². The summed E-state index contributed by atoms with van der Waals surface area (Å²) in [4.78, 5) is 14.2. The molecule has 6 heteroatoms. The normalized spacial score (nSPS) is 16.2. The van der Waals surface area contributed by atoms with E-state index in [1.165, 1.54) is 7.11 Å². The number of methoxy groups -OCH3 is 1. The van der Waals surface area contributed by atoms with Crippen molar-refractivity contribution in [1.29, 1.82) is 5.26 Å². The lowest BCUT2D eigenvalue weighted by Crippen LogP contribution is -2.43. The summed E-state index contributed by atoms with van der Waals surface area (Å²) < 4.78 is 5.20. The molecule has 3 N–H and O–H groups in total. The number of nitrogens with one attached hydrogen (secondary N) is 1. The Morgan fingerprint density at radius 3 is 2.86 bits per heavy atom. The van der Waals surface area contributed by atoms with Gasteiger partial charge in [-0.05, 0) is 25.0 Å². The smallest absolute Gasteiger partial charge is 0.238 e. The number of nitrogens with two attached hydrogens (primary N) is 1. The quantitative estimate of drug-likeness (QED) is 0.860. The maximum Gasteiger partial charge on any atom is 0.238 e. The maximum absolute atomic E-state index is 12.1. The lowest BCUT2D eigenvalue weighted by molar-refractivity contribution is -0.117. The first-order valence-electron chi connectivity index (χ1n) is 6.98. The standard InChI is InChI=1S/C15H20N4O2/c1-21-14-8-11(9-16)2-3-13(14)18-15(20)10-19-6-4-12(17)5-7-19/h2-3,8,12H,4-7,10,17H2,1H3,(H,18,20). The van der Waals surface area contributed by atoms with Crippen LogP contribution in [0.15, 0.2) is 18.2 Å². The zero-order valence-electron chi connectivity index (χ0n) is 12.1. The van der Waals surface area contributed by atoms with Crippen LogP contribution in [0.1, 0.15) is 18.4 Å². The zero-order valence-corrected chi connectivity index (χ0v) is 12.1. The number of nitrogens with zero attached hydrogens (tertiary/aromatic N) is 2. The molecule has 0 aliphatic carbocycles. The van der Waals surface area contributed by atoms with Crippen molar-refractivity contribution in [3.63, 3.8) is 0 Å². The number of benzene rings is 1. The number of amides is 1. The molecule has 1 aliphatic rings. The van der Waals surface area contributed by atoms with Crippen molar-refractivity contribution in [1.82, 2.24) is 4.90 Å². The lowest BCUT2D eigenvalue weighted by Gasteiger charge is -2.29. The van der Waals surface area contributed by atoms with Crippen molar-refractivity contribution < 1.29 is 9.53 Å². The Balaban J connectivity index is 1.95. The van der Waals surface area contributed by atoms with Crippen LogP contribution in [0.2, 0.25) is 0 Å². The number of anilines is 1. The molecule has 6 nitrogen and oxygen atoms in total. The average molecular weight is 288 g/mol. The summed E-state index contributed by atoms with van der Waals surface area (Å²) in [5, 5.41) is 11.7. The van der Waals surface area contributed by atoms with E-state index in [-0.39, 0.29) is 11.9 Å². The first kappa shape index (κ1) is 15.3. The van der Waals surface area contributed by atoms with Crippen LogP contribution in [-0.4, -0.2) is 43.6 Å². The van der Waals surface area contributed by atoms with E-state index in [1.807, 2.05) is 6.07 Å². The van der Waals surface area contributed by atoms with E-state index >= 15 is 0 Å². The molecule has 0 unspecified atom stereocenters. The minimum absolute atomic E-state index is 0.0894. The highest BCUT2D eigenvalue weighted by atomic mass is 16.5. The number of likely N-dealkylation sites (tertiary alicyclic amines) is 1. The monoisotopic (exact) mass is 288 g/mol. The Bertz CT molecular complexity index is 545. The maximum atomic E-state index is 12.1. The average Bonchev–Trinajstić information content (AvgIpc) is 2.50. The van der Waals surface area contributed by atoms with Crippen LogP contribution in [0.3, 0.4) is 0 Å². The van der Waals surface area contributed by atoms with E-state index in [0.717, 1.165) is 25.9 Å². The third-order valence-electron chi connectivity index (χ3n) is 3.60. The van der Waals surface area contributed by atoms with Crippen LogP contribution in [-0.2, 0) is 4.79 Å². The van der Waals surface area contributed by atoms with Gasteiger partial charge in [0.2, 0.25) is 5.91 Å². The number of hydrogen-bond acceptors (Lipinski definition) is 5. The van der Waals surface area contributed by atoms with Gasteiger partial charge in [-0.3, -0.25) is 9.69 Å². The number of piperidine rings is 1. The van der Waals surface area contributed by atoms with Gasteiger partial charge in [-0.1, -0.05) is 0 Å². The van der Waals surface area contributed by atoms with Crippen molar-refractivity contribution in [2.45, 2.75) is 18.9 Å². The van der Waals surface area contributed by atoms with Gasteiger partial charge in [-0.15, -0.1) is 0 Å². The first-order valence-corrected chi connectivity index (χ1v) is 6.98. The predicted molar refractivity (Wildman–Crippen MR) is 80.0 cm³/mol. The Hall–Kier alpha value is -2.10. The molecule has 1 amide bonds. The van der Waals surface area contributed by atoms with Crippen molar-refractivity contribution >= 4 is 11.6 Å². The van der Waals surface area contributed by atoms with Crippen LogP contribution in [0.25, 0.3) is 0 Å². The number of ether oxygens (including phenoxy) is 1. The van der Waals surface area contributed by atoms with E-state index in [2.05, 4.69) is 10.2 Å². The predicted octanol–water partition coefficient (Wildman–Crippen LogP) is 0.928. The van der Waals surface area contributed by atoms with Gasteiger partial charge in [0.25, 0.3) is 0 Å². The summed E-state index contributed by atoms with van der Waals surface area (Å²) in [7, 11) is 1.51. The van der Waals surface area contributed by atoms with Crippen LogP contribution in [0.5, 0.6) is 5.75 Å². The molecule has 0 bridgehead atoms. The Kier molecular flexibility index (Phi) is 5.14. The molecule has 1 aliphatic heterocycles. The highest BCUT2D eigenvalue weighted by Gasteiger charge is 2.18. The minimum atomic E-state index is -0.0894. The van der Waals surface area contributed by atoms with Gasteiger partial charge in [0.15, 0.2) is 0 Å². The molecule has 0 atom stereocenters. The van der Waals surface area contributed by atoms with E-state index in [9.17, 15) is 4.79 Å². The fourth-order valence-corrected chi connectivity index (χ4v) is 2.37. The van der Waals surface area contributed by atoms with E-state index in [4.69, 9.17) is 15.7 Å². The van der Waals surface area contributed by atoms with Crippen molar-refractivity contribution in [3.05, 3.63) is 23.8 Å². The molecule has 0 spiro atoms. The third kappa shape index (κ3) is 4.18. The number of hydrogen-bond donors (Lipinski definition) is 2. The minimum Gasteiger partial charge on any atom is -0.495 e. The molecule has 0 aromatic heterocycles. The number of rotatable bonds is 4. The molecule has 0 radical (unpaired) electrons. The fraction of sp³-hybridized carbons (Fsp3) is 0.467. The molecular formula is C15H20N4O2. The Labute approximate surface area is 124 Å². The van der Waals surface area contributed by atoms with Crippen LogP contribution in [0, 0.1) is 11.3 Å². The summed E-state index contributed by atoms with van der Waals surface area (Å²) in [6.07, 6.45) is 1.85. The summed E-state index contributed by atoms with van der Waals surface area (Å²) in [5.41, 5.74) is 6.92. The molecule has 0 saturated carbocycles. The molecule has 1 fully saturated rings. The lowest BCUT2D eigenvalue weighted by atomic mass is 10.1. The van der Waals surface area contributed by atoms with Crippen molar-refractivity contribution in [3.8, 4) is 11.8 Å². The highest BCUT2D eigenvalue weighted by Crippen LogP contribution is 2.25. The number of nitriles is 1. The molecule has 1 heterocycles. The molecular weight excluding hydrogens is 268 g/mol. The summed E-state index contributed by atoms with van der Waals surface area (Å²) in [5.74, 6) is 0.400. The van der Waals surface area contributed by atoms with Crippen molar-refractivity contribution in [2.75, 3.05) is 32.1 Å². The summed E-state index contributed by atoms with van der Waals surface area (Å²) in [6, 6.07) is 7.23. The van der Waals surface area contributed by atoms with Crippen LogP contribution >= 0.6 is 0 Å². The van der Waals surface area contributed by atoms with Crippen LogP contribution in [0.4, 0.5) is 5.69 Å². The first-order chi connectivity index (χ1) is 10.1. The van der Waals surface area contributed by atoms with Gasteiger partial charge in [0, 0.05) is 25.2 Å². The van der Waals surface area contributed by atoms with E-state index < -0.39 is 0 Å². The van der Waals surface area contributed by atoms with Gasteiger partial charge in [-0.2, -0.15) is 5.26 Å². The summed E-state index contributed by atoms with van der Waals surface area (Å²) in [6.45, 7) is 2.04. The molecule has 1 aromatic rings. The molecule has 2 rings (SSSR count). The number of carbonyl (C=O) groups excluding carboxylic acids is 1. The second kappa shape index (κ2) is 7.07.